The van der Waals surface area contributed by atoms with Crippen LogP contribution in [0, 0.1) is 0 Å². The second kappa shape index (κ2) is 12.3. The van der Waals surface area contributed by atoms with E-state index in [0.717, 1.165) is 12.1 Å². The van der Waals surface area contributed by atoms with Gasteiger partial charge in [-0.3, -0.25) is 9.80 Å². The topological polar surface area (TPSA) is 94.2 Å². The number of piperazine rings is 1. The number of hydrogen-bond acceptors (Lipinski definition) is 5. The zero-order chi connectivity index (χ0) is 29.8. The molecule has 40 heavy (non-hydrogen) atoms. The van der Waals surface area contributed by atoms with Crippen molar-refractivity contribution in [1.82, 2.24) is 25.3 Å². The van der Waals surface area contributed by atoms with E-state index in [9.17, 15) is 27.6 Å². The van der Waals surface area contributed by atoms with Crippen LogP contribution in [0.25, 0.3) is 0 Å². The van der Waals surface area contributed by atoms with Gasteiger partial charge in [-0.05, 0) is 52.3 Å². The molecule has 1 aromatic rings. The maximum atomic E-state index is 13.3. The van der Waals surface area contributed by atoms with Gasteiger partial charge in [0.2, 0.25) is 0 Å². The fraction of sp³-hybridized carbons (Fsp3) is 0.536. The van der Waals surface area contributed by atoms with Gasteiger partial charge in [-0.25, -0.2) is 14.4 Å². The van der Waals surface area contributed by atoms with Gasteiger partial charge in [0, 0.05) is 50.0 Å². The van der Waals surface area contributed by atoms with E-state index < -0.39 is 29.8 Å². The Morgan fingerprint density at radius 2 is 1.82 bits per heavy atom. The number of urea groups is 2. The summed E-state index contributed by atoms with van der Waals surface area (Å²) in [4.78, 5) is 44.5. The molecular formula is C28H38F3N5O4. The highest BCUT2D eigenvalue weighted by Crippen LogP contribution is 2.35. The molecule has 12 heteroatoms. The van der Waals surface area contributed by atoms with Gasteiger partial charge in [0.25, 0.3) is 0 Å². The van der Waals surface area contributed by atoms with Gasteiger partial charge in [-0.1, -0.05) is 18.2 Å². The van der Waals surface area contributed by atoms with Crippen LogP contribution in [0.3, 0.4) is 0 Å². The molecule has 1 saturated heterocycles. The molecule has 220 valence electrons. The number of rotatable bonds is 7. The van der Waals surface area contributed by atoms with Crippen LogP contribution in [0.4, 0.5) is 22.8 Å². The zero-order valence-corrected chi connectivity index (χ0v) is 23.6. The van der Waals surface area contributed by atoms with E-state index in [1.165, 1.54) is 23.1 Å². The lowest BCUT2D eigenvalue weighted by atomic mass is 9.93. The van der Waals surface area contributed by atoms with Gasteiger partial charge in [0.15, 0.2) is 0 Å². The second-order valence-electron chi connectivity index (χ2n) is 10.9. The summed E-state index contributed by atoms with van der Waals surface area (Å²) in [5.41, 5.74) is -0.384. The van der Waals surface area contributed by atoms with Crippen LogP contribution in [0.2, 0.25) is 0 Å². The molecule has 2 heterocycles. The highest BCUT2D eigenvalue weighted by molar-refractivity contribution is 5.95. The van der Waals surface area contributed by atoms with E-state index in [0.29, 0.717) is 30.9 Å². The van der Waals surface area contributed by atoms with Crippen LogP contribution in [-0.4, -0.2) is 83.6 Å². The maximum Gasteiger partial charge on any atom is 0.416 e. The SMILES string of the molecule is C=CCN1C(=O)NC(c2ccc(C(F)(F)F)cc2)C(C(=O)OCC)=C1CN1CCN(C(=O)NC(C)(C)C)C(C)C1. The van der Waals surface area contributed by atoms with E-state index in [1.54, 1.807) is 11.8 Å². The second-order valence-corrected chi connectivity index (χ2v) is 10.9. The summed E-state index contributed by atoms with van der Waals surface area (Å²) in [5.74, 6) is -0.673. The predicted octanol–water partition coefficient (Wildman–Crippen LogP) is 4.29. The van der Waals surface area contributed by atoms with Crippen molar-refractivity contribution in [2.75, 3.05) is 39.3 Å². The highest BCUT2D eigenvalue weighted by Gasteiger charge is 2.40. The van der Waals surface area contributed by atoms with Gasteiger partial charge in [0.1, 0.15) is 0 Å². The van der Waals surface area contributed by atoms with Crippen molar-refractivity contribution in [2.45, 2.75) is 58.4 Å². The Balaban J connectivity index is 1.98. The minimum Gasteiger partial charge on any atom is -0.463 e. The van der Waals surface area contributed by atoms with Gasteiger partial charge < -0.3 is 20.3 Å². The average Bonchev–Trinajstić information content (AvgIpc) is 2.84. The summed E-state index contributed by atoms with van der Waals surface area (Å²) in [6.07, 6.45) is -3.00. The summed E-state index contributed by atoms with van der Waals surface area (Å²) in [6, 6.07) is 2.50. The number of nitrogens with zero attached hydrogens (tertiary/aromatic N) is 3. The molecule has 4 amide bonds. The normalized spacial score (nSPS) is 20.8. The monoisotopic (exact) mass is 565 g/mol. The van der Waals surface area contributed by atoms with E-state index in [-0.39, 0.29) is 42.9 Å². The van der Waals surface area contributed by atoms with Gasteiger partial charge >= 0.3 is 24.2 Å². The van der Waals surface area contributed by atoms with Gasteiger partial charge in [0.05, 0.1) is 23.8 Å². The lowest BCUT2D eigenvalue weighted by Crippen LogP contribution is -2.59. The molecule has 3 rings (SSSR count). The molecule has 2 atom stereocenters. The first-order chi connectivity index (χ1) is 18.7. The van der Waals surface area contributed by atoms with Crippen LogP contribution in [0.5, 0.6) is 0 Å². The summed E-state index contributed by atoms with van der Waals surface area (Å²) >= 11 is 0. The van der Waals surface area contributed by atoms with E-state index in [4.69, 9.17) is 4.74 Å². The van der Waals surface area contributed by atoms with Crippen LogP contribution >= 0.6 is 0 Å². The van der Waals surface area contributed by atoms with E-state index in [2.05, 4.69) is 17.2 Å². The van der Waals surface area contributed by atoms with Crippen molar-refractivity contribution >= 4 is 18.0 Å². The molecule has 1 aromatic carbocycles. The molecule has 2 unspecified atom stereocenters. The zero-order valence-electron chi connectivity index (χ0n) is 23.6. The lowest BCUT2D eigenvalue weighted by molar-refractivity contribution is -0.139. The molecule has 9 nitrogen and oxygen atoms in total. The van der Waals surface area contributed by atoms with Crippen molar-refractivity contribution < 1.29 is 32.3 Å². The standard InChI is InChI=1S/C28H38F3N5O4/c1-7-13-36-21(17-34-14-15-35(18(3)16-34)26(39)33-27(4,5)6)22(24(37)40-8-2)23(32-25(36)38)19-9-11-20(12-10-19)28(29,30)31/h7,9-12,18,23H,1,8,13-17H2,2-6H3,(H,32,38)(H,33,39). The van der Waals surface area contributed by atoms with Crippen LogP contribution in [0.1, 0.15) is 51.8 Å². The number of carbonyl (C=O) groups is 3. The maximum absolute atomic E-state index is 13.3. The first kappa shape index (κ1) is 31.0. The smallest absolute Gasteiger partial charge is 0.416 e. The number of hydrogen-bond donors (Lipinski definition) is 2. The third kappa shape index (κ3) is 7.35. The Bertz CT molecular complexity index is 1140. The molecule has 0 aromatic heterocycles. The fourth-order valence-corrected chi connectivity index (χ4v) is 4.84. The third-order valence-corrected chi connectivity index (χ3v) is 6.64. The Hall–Kier alpha value is -3.54. The lowest BCUT2D eigenvalue weighted by Gasteiger charge is -2.43. The van der Waals surface area contributed by atoms with Gasteiger partial charge in [-0.2, -0.15) is 13.2 Å². The van der Waals surface area contributed by atoms with Crippen molar-refractivity contribution in [1.29, 1.82) is 0 Å². The number of amides is 4. The van der Waals surface area contributed by atoms with Crippen molar-refractivity contribution in [2.24, 2.45) is 0 Å². The molecule has 2 aliphatic rings. The fourth-order valence-electron chi connectivity index (χ4n) is 4.84. The molecule has 0 aliphatic carbocycles. The number of ether oxygens (including phenoxy) is 1. The first-order valence-electron chi connectivity index (χ1n) is 13.2. The number of benzene rings is 1. The summed E-state index contributed by atoms with van der Waals surface area (Å²) in [5, 5.41) is 5.73. The summed E-state index contributed by atoms with van der Waals surface area (Å²) in [7, 11) is 0. The molecule has 1 fully saturated rings. The average molecular weight is 566 g/mol. The molecule has 0 spiro atoms. The Morgan fingerprint density at radius 1 is 1.18 bits per heavy atom. The highest BCUT2D eigenvalue weighted by atomic mass is 19.4. The number of carbonyl (C=O) groups excluding carboxylic acids is 3. The quantitative estimate of drug-likeness (QED) is 0.380. The predicted molar refractivity (Wildman–Crippen MR) is 144 cm³/mol. The number of esters is 1. The van der Waals surface area contributed by atoms with Gasteiger partial charge in [-0.15, -0.1) is 6.58 Å². The van der Waals surface area contributed by atoms with Crippen LogP contribution < -0.4 is 10.6 Å². The van der Waals surface area contributed by atoms with Crippen LogP contribution in [0.15, 0.2) is 48.2 Å². The summed E-state index contributed by atoms with van der Waals surface area (Å²) in [6.45, 7) is 14.8. The van der Waals surface area contributed by atoms with Crippen LogP contribution in [-0.2, 0) is 15.7 Å². The third-order valence-electron chi connectivity index (χ3n) is 6.64. The summed E-state index contributed by atoms with van der Waals surface area (Å²) < 4.78 is 44.9. The first-order valence-corrected chi connectivity index (χ1v) is 13.2. The van der Waals surface area contributed by atoms with E-state index >= 15 is 0 Å². The Morgan fingerprint density at radius 3 is 2.35 bits per heavy atom. The molecular weight excluding hydrogens is 527 g/mol. The Kier molecular flexibility index (Phi) is 9.55. The van der Waals surface area contributed by atoms with Crippen molar-refractivity contribution in [3.8, 4) is 0 Å². The largest absolute Gasteiger partial charge is 0.463 e. The molecule has 0 bridgehead atoms. The number of nitrogens with one attached hydrogen (secondary N) is 2. The number of halogens is 3. The molecule has 0 radical (unpaired) electrons. The minimum absolute atomic E-state index is 0.0728. The minimum atomic E-state index is -4.53. The molecule has 2 N–H and O–H groups in total. The van der Waals surface area contributed by atoms with Crippen molar-refractivity contribution in [3.05, 3.63) is 59.3 Å². The van der Waals surface area contributed by atoms with Crippen molar-refractivity contribution in [3.63, 3.8) is 0 Å². The molecule has 0 saturated carbocycles. The number of alkyl halides is 3. The molecule has 2 aliphatic heterocycles. The van der Waals surface area contributed by atoms with E-state index in [1.807, 2.05) is 32.6 Å². The Labute approximate surface area is 233 Å².